The Morgan fingerprint density at radius 3 is 2.58 bits per heavy atom. The van der Waals surface area contributed by atoms with Crippen molar-refractivity contribution in [2.75, 3.05) is 70.5 Å². The number of morpholine rings is 1. The van der Waals surface area contributed by atoms with Gasteiger partial charge in [0.2, 0.25) is 5.43 Å². The third-order valence-corrected chi connectivity index (χ3v) is 8.22. The SMILES string of the molecule is CC(C)N1CCN(c2c(F)cc3c(=O)c(C(=O)NCCN4CCOCC4)cn4c3c2Oc2cc(Cl)ccc2-4)CC1. The Balaban J connectivity index is 1.41. The molecule has 0 atom stereocenters. The molecular weight excluding hydrogens is 537 g/mol. The molecule has 2 saturated heterocycles. The van der Waals surface area contributed by atoms with Crippen LogP contribution in [0, 0.1) is 5.82 Å². The number of hydrogen-bond donors (Lipinski definition) is 1. The van der Waals surface area contributed by atoms with Gasteiger partial charge in [-0.25, -0.2) is 4.39 Å². The molecule has 3 aliphatic rings. The first-order valence-corrected chi connectivity index (χ1v) is 14.2. The van der Waals surface area contributed by atoms with Crippen molar-refractivity contribution in [3.8, 4) is 17.2 Å². The summed E-state index contributed by atoms with van der Waals surface area (Å²) in [5.74, 6) is -0.364. The molecule has 212 valence electrons. The van der Waals surface area contributed by atoms with Gasteiger partial charge in [0, 0.05) is 75.7 Å². The molecule has 6 rings (SSSR count). The Hall–Kier alpha value is -3.18. The molecule has 3 aliphatic heterocycles. The van der Waals surface area contributed by atoms with Crippen molar-refractivity contribution in [1.29, 1.82) is 0 Å². The van der Waals surface area contributed by atoms with Crippen LogP contribution in [0.3, 0.4) is 0 Å². The zero-order chi connectivity index (χ0) is 28.0. The zero-order valence-corrected chi connectivity index (χ0v) is 23.5. The Morgan fingerprint density at radius 2 is 1.85 bits per heavy atom. The lowest BCUT2D eigenvalue weighted by atomic mass is 10.0. The number of hydrogen-bond acceptors (Lipinski definition) is 7. The lowest BCUT2D eigenvalue weighted by molar-refractivity contribution is 0.0383. The first-order chi connectivity index (χ1) is 19.3. The number of nitrogens with zero attached hydrogens (tertiary/aromatic N) is 4. The second-order valence-electron chi connectivity index (χ2n) is 10.7. The predicted molar refractivity (Wildman–Crippen MR) is 153 cm³/mol. The van der Waals surface area contributed by atoms with Crippen molar-refractivity contribution in [3.63, 3.8) is 0 Å². The van der Waals surface area contributed by atoms with Gasteiger partial charge in [-0.05, 0) is 32.0 Å². The van der Waals surface area contributed by atoms with Gasteiger partial charge in [0.15, 0.2) is 17.3 Å². The average molecular weight is 570 g/mol. The van der Waals surface area contributed by atoms with E-state index in [0.717, 1.165) is 26.2 Å². The third kappa shape index (κ3) is 4.94. The molecule has 1 N–H and O–H groups in total. The van der Waals surface area contributed by atoms with Gasteiger partial charge in [-0.15, -0.1) is 0 Å². The summed E-state index contributed by atoms with van der Waals surface area (Å²) in [5, 5.41) is 3.42. The Kier molecular flexibility index (Phi) is 7.43. The third-order valence-electron chi connectivity index (χ3n) is 7.99. The number of fused-ring (bicyclic) bond motifs is 2. The van der Waals surface area contributed by atoms with E-state index in [2.05, 4.69) is 29.0 Å². The molecule has 9 nitrogen and oxygen atoms in total. The monoisotopic (exact) mass is 569 g/mol. The highest BCUT2D eigenvalue weighted by molar-refractivity contribution is 6.30. The largest absolute Gasteiger partial charge is 0.451 e. The van der Waals surface area contributed by atoms with Gasteiger partial charge < -0.3 is 24.3 Å². The normalized spacial score (nSPS) is 17.7. The highest BCUT2D eigenvalue weighted by atomic mass is 35.5. The van der Waals surface area contributed by atoms with Crippen LogP contribution in [-0.2, 0) is 4.74 Å². The zero-order valence-electron chi connectivity index (χ0n) is 22.7. The van der Waals surface area contributed by atoms with Crippen molar-refractivity contribution in [2.24, 2.45) is 0 Å². The number of rotatable bonds is 6. The van der Waals surface area contributed by atoms with Crippen LogP contribution >= 0.6 is 11.6 Å². The quantitative estimate of drug-likeness (QED) is 0.381. The first-order valence-electron chi connectivity index (χ1n) is 13.8. The number of nitrogens with one attached hydrogen (secondary N) is 1. The summed E-state index contributed by atoms with van der Waals surface area (Å²) < 4.78 is 29.3. The maximum absolute atomic E-state index is 15.9. The highest BCUT2D eigenvalue weighted by Crippen LogP contribution is 2.47. The first kappa shape index (κ1) is 27.0. The second kappa shape index (κ2) is 11.0. The molecule has 2 aromatic carbocycles. The number of piperazine rings is 1. The molecular formula is C29H33ClFN5O4. The number of halogens is 2. The fourth-order valence-electron chi connectivity index (χ4n) is 5.75. The maximum atomic E-state index is 15.9. The number of aromatic nitrogens is 1. The van der Waals surface area contributed by atoms with Crippen LogP contribution < -0.4 is 20.4 Å². The standard InChI is InChI=1S/C29H33ClFN5O4/c1-18(2)34-7-9-35(10-8-34)26-22(31)16-20-25-28(26)40-24-15-19(30)3-4-23(24)36(25)17-21(27(20)37)29(38)32-5-6-33-11-13-39-14-12-33/h3-4,15-18H,5-14H2,1-2H3,(H,32,38). The Labute approximate surface area is 237 Å². The van der Waals surface area contributed by atoms with E-state index in [1.54, 1.807) is 22.8 Å². The lowest BCUT2D eigenvalue weighted by Crippen LogP contribution is -2.49. The van der Waals surface area contributed by atoms with E-state index in [1.807, 2.05) is 4.90 Å². The maximum Gasteiger partial charge on any atom is 0.256 e. The number of anilines is 1. The van der Waals surface area contributed by atoms with E-state index in [0.29, 0.717) is 73.1 Å². The molecule has 40 heavy (non-hydrogen) atoms. The van der Waals surface area contributed by atoms with Crippen LogP contribution in [0.1, 0.15) is 24.2 Å². The molecule has 1 aromatic heterocycles. The van der Waals surface area contributed by atoms with Crippen LogP contribution in [0.15, 0.2) is 35.3 Å². The van der Waals surface area contributed by atoms with Gasteiger partial charge in [0.05, 0.1) is 24.3 Å². The van der Waals surface area contributed by atoms with Gasteiger partial charge in [-0.1, -0.05) is 11.6 Å². The number of benzene rings is 2. The van der Waals surface area contributed by atoms with Crippen LogP contribution in [0.2, 0.25) is 5.02 Å². The van der Waals surface area contributed by atoms with Crippen LogP contribution in [0.5, 0.6) is 11.5 Å². The summed E-state index contributed by atoms with van der Waals surface area (Å²) in [7, 11) is 0. The summed E-state index contributed by atoms with van der Waals surface area (Å²) >= 11 is 6.29. The van der Waals surface area contributed by atoms with E-state index < -0.39 is 17.2 Å². The molecule has 2 fully saturated rings. The predicted octanol–water partition coefficient (Wildman–Crippen LogP) is 3.48. The van der Waals surface area contributed by atoms with Crippen LogP contribution in [-0.4, -0.2) is 91.9 Å². The summed E-state index contributed by atoms with van der Waals surface area (Å²) in [6, 6.07) is 6.80. The number of ether oxygens (including phenoxy) is 2. The van der Waals surface area contributed by atoms with Crippen molar-refractivity contribution in [1.82, 2.24) is 19.7 Å². The van der Waals surface area contributed by atoms with E-state index in [1.165, 1.54) is 12.3 Å². The van der Waals surface area contributed by atoms with Crippen LogP contribution in [0.4, 0.5) is 10.1 Å². The van der Waals surface area contributed by atoms with Crippen molar-refractivity contribution >= 4 is 34.1 Å². The molecule has 0 spiro atoms. The molecule has 0 saturated carbocycles. The molecule has 0 radical (unpaired) electrons. The Bertz CT molecular complexity index is 1510. The second-order valence-corrected chi connectivity index (χ2v) is 11.2. The fourth-order valence-corrected chi connectivity index (χ4v) is 5.91. The fraction of sp³-hybridized carbons (Fsp3) is 0.448. The molecule has 4 heterocycles. The summed E-state index contributed by atoms with van der Waals surface area (Å²) in [4.78, 5) is 33.4. The highest BCUT2D eigenvalue weighted by Gasteiger charge is 2.32. The van der Waals surface area contributed by atoms with Crippen LogP contribution in [0.25, 0.3) is 16.6 Å². The minimum absolute atomic E-state index is 0.0547. The van der Waals surface area contributed by atoms with Gasteiger partial charge in [-0.3, -0.25) is 19.4 Å². The average Bonchev–Trinajstić information content (AvgIpc) is 2.94. The van der Waals surface area contributed by atoms with Gasteiger partial charge in [0.1, 0.15) is 16.8 Å². The van der Waals surface area contributed by atoms with E-state index in [4.69, 9.17) is 21.1 Å². The van der Waals surface area contributed by atoms with E-state index in [9.17, 15) is 9.59 Å². The van der Waals surface area contributed by atoms with Gasteiger partial charge in [-0.2, -0.15) is 0 Å². The van der Waals surface area contributed by atoms with Crippen molar-refractivity contribution in [3.05, 3.63) is 57.1 Å². The molecule has 0 bridgehead atoms. The van der Waals surface area contributed by atoms with E-state index >= 15 is 4.39 Å². The molecule has 0 aliphatic carbocycles. The number of carbonyl (C=O) groups excluding carboxylic acids is 1. The summed E-state index contributed by atoms with van der Waals surface area (Å²) in [6.07, 6.45) is 1.53. The number of pyridine rings is 1. The van der Waals surface area contributed by atoms with Gasteiger partial charge >= 0.3 is 0 Å². The van der Waals surface area contributed by atoms with Crippen molar-refractivity contribution in [2.45, 2.75) is 19.9 Å². The minimum Gasteiger partial charge on any atom is -0.451 e. The molecule has 3 aromatic rings. The minimum atomic E-state index is -0.556. The topological polar surface area (TPSA) is 79.3 Å². The number of carbonyl (C=O) groups is 1. The Morgan fingerprint density at radius 1 is 1.10 bits per heavy atom. The molecule has 1 amide bonds. The lowest BCUT2D eigenvalue weighted by Gasteiger charge is -2.39. The molecule has 0 unspecified atom stereocenters. The van der Waals surface area contributed by atoms with E-state index in [-0.39, 0.29) is 16.7 Å². The number of amides is 1. The summed E-state index contributed by atoms with van der Waals surface area (Å²) in [6.45, 7) is 11.1. The van der Waals surface area contributed by atoms with Crippen molar-refractivity contribution < 1.29 is 18.7 Å². The van der Waals surface area contributed by atoms with Gasteiger partial charge in [0.25, 0.3) is 5.91 Å². The summed E-state index contributed by atoms with van der Waals surface area (Å²) in [5.41, 5.74) is 0.782. The smallest absolute Gasteiger partial charge is 0.256 e. The molecule has 11 heteroatoms.